The van der Waals surface area contributed by atoms with Gasteiger partial charge in [0.05, 0.1) is 10.6 Å². The number of aromatic hydroxyl groups is 1. The summed E-state index contributed by atoms with van der Waals surface area (Å²) in [7, 11) is -1.64. The van der Waals surface area contributed by atoms with Gasteiger partial charge < -0.3 is 10.8 Å². The average Bonchev–Trinajstić information content (AvgIpc) is 1.94. The molecular weight excluding hydrogens is 164 g/mol. The lowest BCUT2D eigenvalue weighted by Crippen LogP contribution is -2.05. The van der Waals surface area contributed by atoms with E-state index in [9.17, 15) is 4.21 Å². The van der Waals surface area contributed by atoms with Gasteiger partial charge in [-0.2, -0.15) is 0 Å². The van der Waals surface area contributed by atoms with Crippen LogP contribution in [-0.4, -0.2) is 9.32 Å². The molecule has 0 spiro atoms. The molecule has 5 heteroatoms. The molecule has 0 amide bonds. The number of rotatable bonds is 1. The molecule has 1 atom stereocenters. The van der Waals surface area contributed by atoms with Crippen LogP contribution >= 0.6 is 0 Å². The highest BCUT2D eigenvalue weighted by Gasteiger charge is 2.05. The van der Waals surface area contributed by atoms with Crippen molar-refractivity contribution in [2.24, 2.45) is 5.14 Å². The SMILES string of the molecule is Nc1c(O)cccc1S(N)=O. The Morgan fingerprint density at radius 2 is 2.09 bits per heavy atom. The van der Waals surface area contributed by atoms with E-state index in [1.807, 2.05) is 0 Å². The lowest BCUT2D eigenvalue weighted by Gasteiger charge is -2.02. The summed E-state index contributed by atoms with van der Waals surface area (Å²) in [5.41, 5.74) is 5.44. The largest absolute Gasteiger partial charge is 0.506 e. The third-order valence-corrected chi connectivity index (χ3v) is 2.05. The number of phenols is 1. The molecule has 1 rings (SSSR count). The van der Waals surface area contributed by atoms with Gasteiger partial charge >= 0.3 is 0 Å². The van der Waals surface area contributed by atoms with Crippen molar-refractivity contribution in [2.75, 3.05) is 5.73 Å². The normalized spacial score (nSPS) is 12.8. The highest BCUT2D eigenvalue weighted by molar-refractivity contribution is 7.82. The van der Waals surface area contributed by atoms with Gasteiger partial charge in [0.1, 0.15) is 16.7 Å². The van der Waals surface area contributed by atoms with Gasteiger partial charge in [0, 0.05) is 0 Å². The van der Waals surface area contributed by atoms with E-state index in [1.54, 1.807) is 0 Å². The van der Waals surface area contributed by atoms with Gasteiger partial charge in [0.25, 0.3) is 0 Å². The van der Waals surface area contributed by atoms with Gasteiger partial charge in [-0.05, 0) is 12.1 Å². The molecule has 0 aliphatic heterocycles. The molecule has 0 saturated carbocycles. The number of anilines is 1. The minimum Gasteiger partial charge on any atom is -0.506 e. The maximum Gasteiger partial charge on any atom is 0.139 e. The van der Waals surface area contributed by atoms with E-state index < -0.39 is 11.0 Å². The minimum atomic E-state index is -1.64. The van der Waals surface area contributed by atoms with Crippen LogP contribution in [0.2, 0.25) is 0 Å². The summed E-state index contributed by atoms with van der Waals surface area (Å²) in [4.78, 5) is 0.255. The highest BCUT2D eigenvalue weighted by atomic mass is 32.2. The molecule has 0 bridgehead atoms. The topological polar surface area (TPSA) is 89.3 Å². The zero-order valence-corrected chi connectivity index (χ0v) is 6.47. The Balaban J connectivity index is 3.27. The number of nitrogens with two attached hydrogens (primary N) is 2. The minimum absolute atomic E-state index is 0.0772. The maximum atomic E-state index is 10.7. The fraction of sp³-hybridized carbons (Fsp3) is 0. The summed E-state index contributed by atoms with van der Waals surface area (Å²) in [5, 5.41) is 14.1. The van der Waals surface area contributed by atoms with Crippen LogP contribution < -0.4 is 10.9 Å². The molecule has 4 nitrogen and oxygen atoms in total. The second-order valence-corrected chi connectivity index (χ2v) is 3.02. The van der Waals surface area contributed by atoms with Crippen LogP contribution in [0, 0.1) is 0 Å². The van der Waals surface area contributed by atoms with Gasteiger partial charge in [-0.3, -0.25) is 0 Å². The molecular formula is C6H8N2O2S. The van der Waals surface area contributed by atoms with E-state index in [0.29, 0.717) is 0 Å². The number of hydrogen-bond donors (Lipinski definition) is 3. The van der Waals surface area contributed by atoms with Crippen LogP contribution in [0.1, 0.15) is 0 Å². The Labute approximate surface area is 66.4 Å². The Kier molecular flexibility index (Phi) is 2.11. The molecule has 0 aliphatic carbocycles. The van der Waals surface area contributed by atoms with Crippen LogP contribution in [-0.2, 0) is 11.0 Å². The summed E-state index contributed by atoms with van der Waals surface area (Å²) in [6.45, 7) is 0. The third kappa shape index (κ3) is 1.50. The molecule has 1 aromatic carbocycles. The first-order chi connectivity index (χ1) is 5.13. The number of benzene rings is 1. The van der Waals surface area contributed by atoms with Crippen molar-refractivity contribution in [1.29, 1.82) is 0 Å². The Hall–Kier alpha value is -1.07. The number of nitrogen functional groups attached to an aromatic ring is 1. The van der Waals surface area contributed by atoms with Crippen molar-refractivity contribution in [3.05, 3.63) is 18.2 Å². The predicted molar refractivity (Wildman–Crippen MR) is 43.1 cm³/mol. The van der Waals surface area contributed by atoms with Crippen molar-refractivity contribution in [2.45, 2.75) is 4.90 Å². The van der Waals surface area contributed by atoms with Gasteiger partial charge in [-0.1, -0.05) is 6.07 Å². The zero-order chi connectivity index (χ0) is 8.43. The standard InChI is InChI=1S/C6H8N2O2S/c7-6-4(9)2-1-3-5(6)11(8)10/h1-3,9H,7-8H2. The Morgan fingerprint density at radius 1 is 1.45 bits per heavy atom. The van der Waals surface area contributed by atoms with Gasteiger partial charge in [0.15, 0.2) is 0 Å². The molecule has 0 heterocycles. The van der Waals surface area contributed by atoms with E-state index in [0.717, 1.165) is 0 Å². The van der Waals surface area contributed by atoms with Crippen molar-refractivity contribution in [1.82, 2.24) is 0 Å². The molecule has 1 aromatic rings. The van der Waals surface area contributed by atoms with E-state index >= 15 is 0 Å². The smallest absolute Gasteiger partial charge is 0.139 e. The number of phenolic OH excluding ortho intramolecular Hbond substituents is 1. The van der Waals surface area contributed by atoms with E-state index in [1.165, 1.54) is 18.2 Å². The van der Waals surface area contributed by atoms with Crippen molar-refractivity contribution < 1.29 is 9.32 Å². The summed E-state index contributed by atoms with van der Waals surface area (Å²) in [6.07, 6.45) is 0. The van der Waals surface area contributed by atoms with Crippen LogP contribution in [0.5, 0.6) is 5.75 Å². The summed E-state index contributed by atoms with van der Waals surface area (Å²) >= 11 is 0. The fourth-order valence-corrected chi connectivity index (χ4v) is 1.24. The first-order valence-corrected chi connectivity index (χ1v) is 4.08. The molecule has 5 N–H and O–H groups in total. The Morgan fingerprint density at radius 3 is 2.55 bits per heavy atom. The van der Waals surface area contributed by atoms with Crippen LogP contribution in [0.4, 0.5) is 5.69 Å². The predicted octanol–water partition coefficient (Wildman–Crippen LogP) is -0.0443. The van der Waals surface area contributed by atoms with Gasteiger partial charge in [0.2, 0.25) is 0 Å². The lowest BCUT2D eigenvalue weighted by molar-refractivity contribution is 0.476. The molecule has 0 saturated heterocycles. The quantitative estimate of drug-likeness (QED) is 0.410. The first kappa shape index (κ1) is 8.03. The molecule has 1 unspecified atom stereocenters. The summed E-state index contributed by atoms with van der Waals surface area (Å²) < 4.78 is 10.7. The lowest BCUT2D eigenvalue weighted by atomic mass is 10.3. The zero-order valence-electron chi connectivity index (χ0n) is 5.65. The van der Waals surface area contributed by atoms with Crippen molar-refractivity contribution in [3.8, 4) is 5.75 Å². The van der Waals surface area contributed by atoms with Crippen LogP contribution in [0.25, 0.3) is 0 Å². The molecule has 0 aliphatic rings. The van der Waals surface area contributed by atoms with E-state index in [2.05, 4.69) is 0 Å². The average molecular weight is 172 g/mol. The number of hydrogen-bond acceptors (Lipinski definition) is 3. The second kappa shape index (κ2) is 2.89. The monoisotopic (exact) mass is 172 g/mol. The summed E-state index contributed by atoms with van der Waals surface area (Å²) in [6, 6.07) is 4.45. The van der Waals surface area contributed by atoms with Crippen molar-refractivity contribution >= 4 is 16.7 Å². The first-order valence-electron chi connectivity index (χ1n) is 2.86. The summed E-state index contributed by atoms with van der Waals surface area (Å²) in [5.74, 6) is -0.0960. The molecule has 60 valence electrons. The molecule has 0 radical (unpaired) electrons. The number of para-hydroxylation sites is 1. The second-order valence-electron chi connectivity index (χ2n) is 1.99. The fourth-order valence-electron chi connectivity index (χ4n) is 0.708. The van der Waals surface area contributed by atoms with Gasteiger partial charge in [-0.15, -0.1) is 0 Å². The van der Waals surface area contributed by atoms with E-state index in [-0.39, 0.29) is 16.3 Å². The highest BCUT2D eigenvalue weighted by Crippen LogP contribution is 2.24. The molecule has 0 fully saturated rings. The van der Waals surface area contributed by atoms with Gasteiger partial charge in [-0.25, -0.2) is 9.35 Å². The van der Waals surface area contributed by atoms with Crippen LogP contribution in [0.3, 0.4) is 0 Å². The maximum absolute atomic E-state index is 10.7. The van der Waals surface area contributed by atoms with E-state index in [4.69, 9.17) is 16.0 Å². The van der Waals surface area contributed by atoms with Crippen molar-refractivity contribution in [3.63, 3.8) is 0 Å². The van der Waals surface area contributed by atoms with Crippen LogP contribution in [0.15, 0.2) is 23.1 Å². The third-order valence-electron chi connectivity index (χ3n) is 1.26. The molecule has 0 aromatic heterocycles. The Bertz CT molecular complexity index is 301. The molecule has 11 heavy (non-hydrogen) atoms.